The van der Waals surface area contributed by atoms with E-state index in [4.69, 9.17) is 23.2 Å². The van der Waals surface area contributed by atoms with Crippen molar-refractivity contribution < 1.29 is 22.4 Å². The van der Waals surface area contributed by atoms with Gasteiger partial charge in [0.2, 0.25) is 21.8 Å². The van der Waals surface area contributed by atoms with Gasteiger partial charge in [0.1, 0.15) is 18.4 Å². The van der Waals surface area contributed by atoms with E-state index < -0.39 is 40.2 Å². The highest BCUT2D eigenvalue weighted by molar-refractivity contribution is 7.92. The smallest absolute Gasteiger partial charge is 0.244 e. The highest BCUT2D eigenvalue weighted by Gasteiger charge is 2.31. The highest BCUT2D eigenvalue weighted by atomic mass is 35.5. The number of nitrogens with one attached hydrogen (secondary N) is 1. The van der Waals surface area contributed by atoms with Gasteiger partial charge in [-0.05, 0) is 44.5 Å². The van der Waals surface area contributed by atoms with Crippen molar-refractivity contribution in [2.75, 3.05) is 17.1 Å². The lowest BCUT2D eigenvalue weighted by Gasteiger charge is -2.32. The van der Waals surface area contributed by atoms with Crippen LogP contribution in [0.25, 0.3) is 0 Å². The summed E-state index contributed by atoms with van der Waals surface area (Å²) in [5, 5.41) is 3.10. The fraction of sp³-hybridized carbons (Fsp3) is 0.391. The first kappa shape index (κ1) is 27.9. The molecule has 2 unspecified atom stereocenters. The molecule has 7 nitrogen and oxygen atoms in total. The summed E-state index contributed by atoms with van der Waals surface area (Å²) >= 11 is 12.2. The molecule has 0 spiro atoms. The van der Waals surface area contributed by atoms with Crippen molar-refractivity contribution in [1.82, 2.24) is 10.2 Å². The predicted octanol–water partition coefficient (Wildman–Crippen LogP) is 4.23. The number of hydrogen-bond acceptors (Lipinski definition) is 4. The van der Waals surface area contributed by atoms with Crippen LogP contribution in [-0.4, -0.2) is 50.0 Å². The van der Waals surface area contributed by atoms with Gasteiger partial charge < -0.3 is 10.2 Å². The molecule has 0 aliphatic heterocycles. The Morgan fingerprint density at radius 2 is 1.76 bits per heavy atom. The number of sulfonamides is 1. The standard InChI is InChI=1S/C23H28Cl2FN3O4S/c1-5-15(2)27-23(31)16(3)28(13-17-8-6-7-9-20(17)26)22(30)14-29(34(4,32)33)21-12-18(24)10-11-19(21)25/h6-12,15-16H,5,13-14H2,1-4H3,(H,27,31). The summed E-state index contributed by atoms with van der Waals surface area (Å²) in [6.45, 7) is 4.33. The molecule has 0 fully saturated rings. The van der Waals surface area contributed by atoms with Crippen molar-refractivity contribution in [3.63, 3.8) is 0 Å². The molecular weight excluding hydrogens is 504 g/mol. The summed E-state index contributed by atoms with van der Waals surface area (Å²) in [5.74, 6) is -1.70. The van der Waals surface area contributed by atoms with Gasteiger partial charge in [0.05, 0.1) is 17.0 Å². The lowest BCUT2D eigenvalue weighted by Crippen LogP contribution is -2.52. The minimum atomic E-state index is -3.97. The third-order valence-electron chi connectivity index (χ3n) is 5.32. The fourth-order valence-corrected chi connectivity index (χ4v) is 4.42. The number of hydrogen-bond donors (Lipinski definition) is 1. The third-order valence-corrected chi connectivity index (χ3v) is 7.00. The molecule has 0 aliphatic rings. The number of nitrogens with zero attached hydrogens (tertiary/aromatic N) is 2. The number of carbonyl (C=O) groups is 2. The quantitative estimate of drug-likeness (QED) is 0.496. The maximum Gasteiger partial charge on any atom is 0.244 e. The van der Waals surface area contributed by atoms with Crippen LogP contribution in [0.4, 0.5) is 10.1 Å². The Kier molecular flexibility index (Phi) is 9.73. The second-order valence-corrected chi connectivity index (χ2v) is 10.7. The lowest BCUT2D eigenvalue weighted by molar-refractivity contribution is -0.139. The Balaban J connectivity index is 2.45. The average molecular weight is 532 g/mol. The second-order valence-electron chi connectivity index (χ2n) is 7.97. The number of halogens is 3. The topological polar surface area (TPSA) is 86.8 Å². The van der Waals surface area contributed by atoms with Crippen LogP contribution < -0.4 is 9.62 Å². The molecule has 186 valence electrons. The van der Waals surface area contributed by atoms with Gasteiger partial charge in [-0.15, -0.1) is 0 Å². The van der Waals surface area contributed by atoms with Crippen LogP contribution in [0.1, 0.15) is 32.8 Å². The maximum atomic E-state index is 14.4. The number of benzene rings is 2. The summed E-state index contributed by atoms with van der Waals surface area (Å²) in [5.41, 5.74) is 0.207. The first-order valence-corrected chi connectivity index (χ1v) is 13.2. The fourth-order valence-electron chi connectivity index (χ4n) is 3.13. The zero-order valence-corrected chi connectivity index (χ0v) is 21.7. The molecule has 1 N–H and O–H groups in total. The van der Waals surface area contributed by atoms with Gasteiger partial charge in [-0.2, -0.15) is 0 Å². The molecule has 0 aliphatic carbocycles. The summed E-state index contributed by atoms with van der Waals surface area (Å²) in [4.78, 5) is 27.4. The molecule has 0 bridgehead atoms. The van der Waals surface area contributed by atoms with E-state index in [9.17, 15) is 22.4 Å². The van der Waals surface area contributed by atoms with Gasteiger partial charge in [-0.25, -0.2) is 12.8 Å². The van der Waals surface area contributed by atoms with Crippen LogP contribution >= 0.6 is 23.2 Å². The Bertz CT molecular complexity index is 1150. The number of carbonyl (C=O) groups excluding carboxylic acids is 2. The van der Waals surface area contributed by atoms with Crippen LogP contribution in [0.2, 0.25) is 10.0 Å². The maximum absolute atomic E-state index is 14.4. The van der Waals surface area contributed by atoms with E-state index in [2.05, 4.69) is 5.32 Å². The Morgan fingerprint density at radius 3 is 2.35 bits per heavy atom. The predicted molar refractivity (Wildman–Crippen MR) is 133 cm³/mol. The first-order chi connectivity index (χ1) is 15.8. The van der Waals surface area contributed by atoms with E-state index in [-0.39, 0.29) is 33.9 Å². The Morgan fingerprint density at radius 1 is 1.12 bits per heavy atom. The molecule has 34 heavy (non-hydrogen) atoms. The zero-order chi connectivity index (χ0) is 25.6. The molecule has 2 amide bonds. The van der Waals surface area contributed by atoms with Crippen LogP contribution in [0.3, 0.4) is 0 Å². The monoisotopic (exact) mass is 531 g/mol. The van der Waals surface area contributed by atoms with Gasteiger partial charge >= 0.3 is 0 Å². The van der Waals surface area contributed by atoms with E-state index >= 15 is 0 Å². The van der Waals surface area contributed by atoms with Gasteiger partial charge in [0, 0.05) is 23.2 Å². The van der Waals surface area contributed by atoms with E-state index in [0.717, 1.165) is 15.5 Å². The molecular formula is C23H28Cl2FN3O4S. The molecule has 2 atom stereocenters. The van der Waals surface area contributed by atoms with Crippen LogP contribution in [-0.2, 0) is 26.2 Å². The number of amides is 2. The molecule has 0 radical (unpaired) electrons. The van der Waals surface area contributed by atoms with Crippen molar-refractivity contribution in [1.29, 1.82) is 0 Å². The normalized spacial score (nSPS) is 13.1. The highest BCUT2D eigenvalue weighted by Crippen LogP contribution is 2.31. The van der Waals surface area contributed by atoms with E-state index in [1.165, 1.54) is 43.3 Å². The average Bonchev–Trinajstić information content (AvgIpc) is 2.77. The molecule has 0 saturated carbocycles. The lowest BCUT2D eigenvalue weighted by atomic mass is 10.1. The third kappa shape index (κ3) is 7.32. The van der Waals surface area contributed by atoms with Crippen molar-refractivity contribution in [3.05, 3.63) is 63.9 Å². The molecule has 0 aromatic heterocycles. The van der Waals surface area contributed by atoms with Crippen LogP contribution in [0.15, 0.2) is 42.5 Å². The van der Waals surface area contributed by atoms with Gasteiger partial charge in [-0.1, -0.05) is 48.3 Å². The summed E-state index contributed by atoms with van der Waals surface area (Å²) in [6, 6.07) is 8.96. The molecule has 0 saturated heterocycles. The SMILES string of the molecule is CCC(C)NC(=O)C(C)N(Cc1ccccc1F)C(=O)CN(c1cc(Cl)ccc1Cl)S(C)(=O)=O. The zero-order valence-electron chi connectivity index (χ0n) is 19.4. The van der Waals surface area contributed by atoms with E-state index in [1.807, 2.05) is 13.8 Å². The van der Waals surface area contributed by atoms with E-state index in [0.29, 0.717) is 6.42 Å². The Labute approximate surface area is 209 Å². The second kappa shape index (κ2) is 11.9. The summed E-state index contributed by atoms with van der Waals surface area (Å²) in [6.07, 6.45) is 1.60. The largest absolute Gasteiger partial charge is 0.352 e. The minimum absolute atomic E-state index is 0.0209. The summed E-state index contributed by atoms with van der Waals surface area (Å²) < 4.78 is 40.3. The van der Waals surface area contributed by atoms with Gasteiger partial charge in [-0.3, -0.25) is 13.9 Å². The number of anilines is 1. The first-order valence-electron chi connectivity index (χ1n) is 10.6. The van der Waals surface area contributed by atoms with Crippen LogP contribution in [0, 0.1) is 5.82 Å². The van der Waals surface area contributed by atoms with Crippen molar-refractivity contribution in [2.24, 2.45) is 0 Å². The minimum Gasteiger partial charge on any atom is -0.352 e. The summed E-state index contributed by atoms with van der Waals surface area (Å²) in [7, 11) is -3.97. The van der Waals surface area contributed by atoms with E-state index in [1.54, 1.807) is 6.07 Å². The Hall–Kier alpha value is -2.36. The molecule has 2 aromatic carbocycles. The molecule has 11 heteroatoms. The van der Waals surface area contributed by atoms with Gasteiger partial charge in [0.25, 0.3) is 0 Å². The van der Waals surface area contributed by atoms with Crippen molar-refractivity contribution in [2.45, 2.75) is 45.8 Å². The number of rotatable bonds is 10. The van der Waals surface area contributed by atoms with Crippen molar-refractivity contribution in [3.8, 4) is 0 Å². The molecule has 0 heterocycles. The van der Waals surface area contributed by atoms with Gasteiger partial charge in [0.15, 0.2) is 0 Å². The molecule has 2 aromatic rings. The van der Waals surface area contributed by atoms with Crippen LogP contribution in [0.5, 0.6) is 0 Å². The van der Waals surface area contributed by atoms with Crippen molar-refractivity contribution >= 4 is 50.7 Å². The molecule has 2 rings (SSSR count).